The summed E-state index contributed by atoms with van der Waals surface area (Å²) in [5.74, 6) is 3.98. The standard InChI is InChI=1S/C22H29F2N5OS/c1-14(30)31-17-8-6-5-7-15(17)12-29(26)20-19(25)16(11-18(27-20)21(2,3)4)28-10-9-22(23,24)13-28/h5-8,11H,9-10,12-13,25-26H2,1-4H3. The summed E-state index contributed by atoms with van der Waals surface area (Å²) in [5, 5.41) is 1.39. The molecule has 6 nitrogen and oxygen atoms in total. The molecule has 31 heavy (non-hydrogen) atoms. The molecule has 0 atom stereocenters. The van der Waals surface area contributed by atoms with Crippen LogP contribution in [0.2, 0.25) is 0 Å². The number of hydrazine groups is 1. The number of pyridine rings is 1. The third kappa shape index (κ3) is 5.46. The van der Waals surface area contributed by atoms with Gasteiger partial charge in [-0.25, -0.2) is 19.6 Å². The number of hydrogen-bond acceptors (Lipinski definition) is 7. The first kappa shape index (κ1) is 23.3. The molecule has 0 aliphatic carbocycles. The Morgan fingerprint density at radius 3 is 2.58 bits per heavy atom. The van der Waals surface area contributed by atoms with Crippen molar-refractivity contribution in [2.75, 3.05) is 28.7 Å². The summed E-state index contributed by atoms with van der Waals surface area (Å²) in [5.41, 5.74) is 8.43. The summed E-state index contributed by atoms with van der Waals surface area (Å²) in [7, 11) is 0. The molecule has 1 aromatic heterocycles. The van der Waals surface area contributed by atoms with Gasteiger partial charge in [0, 0.05) is 30.2 Å². The Morgan fingerprint density at radius 1 is 1.32 bits per heavy atom. The minimum Gasteiger partial charge on any atom is -0.394 e. The molecule has 1 aromatic carbocycles. The lowest BCUT2D eigenvalue weighted by Crippen LogP contribution is -2.34. The lowest BCUT2D eigenvalue weighted by atomic mass is 9.91. The van der Waals surface area contributed by atoms with Gasteiger partial charge in [0.15, 0.2) is 10.9 Å². The fourth-order valence-electron chi connectivity index (χ4n) is 3.48. The highest BCUT2D eigenvalue weighted by Crippen LogP contribution is 2.40. The van der Waals surface area contributed by atoms with E-state index >= 15 is 0 Å². The first-order valence-electron chi connectivity index (χ1n) is 10.1. The Balaban J connectivity index is 2.00. The molecule has 0 bridgehead atoms. The van der Waals surface area contributed by atoms with Gasteiger partial charge < -0.3 is 10.6 Å². The number of carbonyl (C=O) groups is 1. The molecule has 3 rings (SSSR count). The monoisotopic (exact) mass is 449 g/mol. The van der Waals surface area contributed by atoms with Gasteiger partial charge in [0.05, 0.1) is 30.2 Å². The van der Waals surface area contributed by atoms with Gasteiger partial charge >= 0.3 is 0 Å². The van der Waals surface area contributed by atoms with Crippen molar-refractivity contribution < 1.29 is 13.6 Å². The molecule has 2 aromatic rings. The molecule has 1 aliphatic rings. The summed E-state index contributed by atoms with van der Waals surface area (Å²) in [6.45, 7) is 7.59. The van der Waals surface area contributed by atoms with Crippen LogP contribution in [-0.2, 0) is 16.8 Å². The van der Waals surface area contributed by atoms with Crippen LogP contribution in [0.1, 0.15) is 45.4 Å². The van der Waals surface area contributed by atoms with Crippen LogP contribution in [0.25, 0.3) is 0 Å². The Hall–Kier alpha value is -2.39. The molecule has 168 valence electrons. The van der Waals surface area contributed by atoms with Gasteiger partial charge in [-0.15, -0.1) is 0 Å². The van der Waals surface area contributed by atoms with Gasteiger partial charge in [0.2, 0.25) is 0 Å². The highest BCUT2D eigenvalue weighted by atomic mass is 32.2. The third-order valence-corrected chi connectivity index (χ3v) is 6.04. The molecule has 0 radical (unpaired) electrons. The van der Waals surface area contributed by atoms with Crippen LogP contribution in [0.3, 0.4) is 0 Å². The van der Waals surface area contributed by atoms with Gasteiger partial charge in [0.1, 0.15) is 0 Å². The Morgan fingerprint density at radius 2 is 2.00 bits per heavy atom. The van der Waals surface area contributed by atoms with E-state index in [4.69, 9.17) is 11.6 Å². The fraction of sp³-hybridized carbons (Fsp3) is 0.455. The number of anilines is 3. The minimum atomic E-state index is -2.75. The lowest BCUT2D eigenvalue weighted by Gasteiger charge is -2.29. The maximum absolute atomic E-state index is 13.9. The quantitative estimate of drug-likeness (QED) is 0.399. The zero-order valence-electron chi connectivity index (χ0n) is 18.3. The van der Waals surface area contributed by atoms with Crippen LogP contribution in [-0.4, -0.2) is 29.1 Å². The van der Waals surface area contributed by atoms with Crippen LogP contribution in [0.4, 0.5) is 26.0 Å². The second kappa shape index (κ2) is 8.63. The topological polar surface area (TPSA) is 88.5 Å². The molecule has 1 saturated heterocycles. The van der Waals surface area contributed by atoms with E-state index in [-0.39, 0.29) is 42.3 Å². The van der Waals surface area contributed by atoms with E-state index in [1.807, 2.05) is 45.0 Å². The van der Waals surface area contributed by atoms with Crippen LogP contribution in [0.5, 0.6) is 0 Å². The van der Waals surface area contributed by atoms with Gasteiger partial charge in [-0.1, -0.05) is 50.7 Å². The Kier molecular flexibility index (Phi) is 6.48. The number of alkyl halides is 2. The second-order valence-corrected chi connectivity index (χ2v) is 10.1. The molecular formula is C22H29F2N5OS. The number of nitrogen functional groups attached to an aromatic ring is 1. The highest BCUT2D eigenvalue weighted by Gasteiger charge is 2.39. The molecule has 2 heterocycles. The SMILES string of the molecule is CC(=O)Sc1ccccc1CN(N)c1nc(C(C)(C)C)cc(N2CCC(F)(F)C2)c1N. The largest absolute Gasteiger partial charge is 0.394 e. The number of thioether (sulfide) groups is 1. The summed E-state index contributed by atoms with van der Waals surface area (Å²) in [6.07, 6.45) is -0.211. The predicted octanol–water partition coefficient (Wildman–Crippen LogP) is 4.33. The molecule has 0 amide bonds. The number of benzene rings is 1. The van der Waals surface area contributed by atoms with E-state index in [1.165, 1.54) is 11.9 Å². The van der Waals surface area contributed by atoms with E-state index in [2.05, 4.69) is 4.98 Å². The van der Waals surface area contributed by atoms with Crippen molar-refractivity contribution >= 4 is 34.1 Å². The van der Waals surface area contributed by atoms with Crippen molar-refractivity contribution in [3.05, 3.63) is 41.6 Å². The molecule has 4 N–H and O–H groups in total. The molecule has 9 heteroatoms. The predicted molar refractivity (Wildman–Crippen MR) is 122 cm³/mol. The van der Waals surface area contributed by atoms with Crippen LogP contribution in [0.15, 0.2) is 35.2 Å². The smallest absolute Gasteiger partial charge is 0.266 e. The van der Waals surface area contributed by atoms with Crippen molar-refractivity contribution in [1.82, 2.24) is 4.98 Å². The van der Waals surface area contributed by atoms with Crippen molar-refractivity contribution in [2.45, 2.75) is 56.9 Å². The van der Waals surface area contributed by atoms with Gasteiger partial charge in [-0.2, -0.15) is 0 Å². The van der Waals surface area contributed by atoms with Crippen molar-refractivity contribution in [2.24, 2.45) is 5.84 Å². The summed E-state index contributed by atoms with van der Waals surface area (Å²) < 4.78 is 27.8. The number of carbonyl (C=O) groups excluding carboxylic acids is 1. The van der Waals surface area contributed by atoms with Crippen LogP contribution in [0, 0.1) is 0 Å². The van der Waals surface area contributed by atoms with E-state index in [0.29, 0.717) is 17.2 Å². The number of halogens is 2. The fourth-order valence-corrected chi connectivity index (χ4v) is 4.20. The van der Waals surface area contributed by atoms with Crippen molar-refractivity contribution in [1.29, 1.82) is 0 Å². The first-order valence-corrected chi connectivity index (χ1v) is 10.9. The number of hydrogen-bond donors (Lipinski definition) is 2. The molecule has 1 aliphatic heterocycles. The third-order valence-electron chi connectivity index (χ3n) is 5.13. The van der Waals surface area contributed by atoms with Gasteiger partial charge in [-0.05, 0) is 17.7 Å². The summed E-state index contributed by atoms with van der Waals surface area (Å²) in [4.78, 5) is 18.7. The number of aromatic nitrogens is 1. The molecule has 0 unspecified atom stereocenters. The van der Waals surface area contributed by atoms with Gasteiger partial charge in [0.25, 0.3) is 5.92 Å². The van der Waals surface area contributed by atoms with Gasteiger partial charge in [-0.3, -0.25) is 9.80 Å². The molecule has 1 fully saturated rings. The average molecular weight is 450 g/mol. The van der Waals surface area contributed by atoms with E-state index < -0.39 is 5.92 Å². The van der Waals surface area contributed by atoms with E-state index in [9.17, 15) is 13.6 Å². The minimum absolute atomic E-state index is 0.0272. The molecular weight excluding hydrogens is 420 g/mol. The number of nitrogens with two attached hydrogens (primary N) is 2. The average Bonchev–Trinajstić information content (AvgIpc) is 3.01. The van der Waals surface area contributed by atoms with Crippen LogP contribution < -0.4 is 21.5 Å². The van der Waals surface area contributed by atoms with Crippen LogP contribution >= 0.6 is 11.8 Å². The normalized spacial score (nSPS) is 15.9. The maximum atomic E-state index is 13.9. The Bertz CT molecular complexity index is 977. The van der Waals surface area contributed by atoms with Crippen molar-refractivity contribution in [3.63, 3.8) is 0 Å². The summed E-state index contributed by atoms with van der Waals surface area (Å²) >= 11 is 1.13. The second-order valence-electron chi connectivity index (χ2n) is 8.87. The zero-order chi connectivity index (χ0) is 23.0. The Labute approximate surface area is 186 Å². The number of rotatable bonds is 5. The maximum Gasteiger partial charge on any atom is 0.266 e. The van der Waals surface area contributed by atoms with E-state index in [0.717, 1.165) is 22.2 Å². The van der Waals surface area contributed by atoms with E-state index in [1.54, 1.807) is 11.0 Å². The first-order chi connectivity index (χ1) is 14.4. The summed E-state index contributed by atoms with van der Waals surface area (Å²) in [6, 6.07) is 9.25. The number of nitrogens with zero attached hydrogens (tertiary/aromatic N) is 3. The van der Waals surface area contributed by atoms with Crippen molar-refractivity contribution in [3.8, 4) is 0 Å². The molecule has 0 saturated carbocycles. The highest BCUT2D eigenvalue weighted by molar-refractivity contribution is 8.13. The zero-order valence-corrected chi connectivity index (χ0v) is 19.1. The lowest BCUT2D eigenvalue weighted by molar-refractivity contribution is -0.109. The molecule has 0 spiro atoms.